The average molecular weight is 354 g/mol. The third kappa shape index (κ3) is 3.13. The molecule has 1 aliphatic heterocycles. The standard InChI is InChI=1S/C18H22N6O2/c25-13-12-23-17(21-15-5-2-1-4-14(15)18(23)26)16-6-3-9-22(16)10-11-24-19-7-8-20-24/h1-2,4-5,7-8,16,25H,3,6,9-13H2. The largest absolute Gasteiger partial charge is 0.395 e. The van der Waals surface area contributed by atoms with E-state index < -0.39 is 0 Å². The lowest BCUT2D eigenvalue weighted by Gasteiger charge is -2.26. The fraction of sp³-hybridized carbons (Fsp3) is 0.444. The molecule has 1 unspecified atom stereocenters. The number of hydrogen-bond donors (Lipinski definition) is 1. The van der Waals surface area contributed by atoms with Gasteiger partial charge in [-0.3, -0.25) is 14.3 Å². The molecule has 1 fully saturated rings. The maximum Gasteiger partial charge on any atom is 0.261 e. The van der Waals surface area contributed by atoms with Gasteiger partial charge >= 0.3 is 0 Å². The van der Waals surface area contributed by atoms with Gasteiger partial charge in [0.15, 0.2) is 0 Å². The van der Waals surface area contributed by atoms with Gasteiger partial charge in [0.25, 0.3) is 5.56 Å². The number of benzene rings is 1. The fourth-order valence-electron chi connectivity index (χ4n) is 3.72. The Kier molecular flexibility index (Phi) is 4.77. The van der Waals surface area contributed by atoms with Crippen LogP contribution in [0.5, 0.6) is 0 Å². The van der Waals surface area contributed by atoms with Crippen molar-refractivity contribution >= 4 is 10.9 Å². The molecule has 0 aliphatic carbocycles. The summed E-state index contributed by atoms with van der Waals surface area (Å²) in [6, 6.07) is 7.46. The average Bonchev–Trinajstić information content (AvgIpc) is 3.33. The lowest BCUT2D eigenvalue weighted by molar-refractivity contribution is 0.217. The molecule has 1 N–H and O–H groups in total. The quantitative estimate of drug-likeness (QED) is 0.705. The van der Waals surface area contributed by atoms with E-state index in [2.05, 4.69) is 15.1 Å². The van der Waals surface area contributed by atoms with Gasteiger partial charge in [-0.2, -0.15) is 15.0 Å². The maximum absolute atomic E-state index is 12.9. The second-order valence-electron chi connectivity index (χ2n) is 6.49. The SMILES string of the molecule is O=c1c2ccccc2nc(C2CCCN2CCn2nccn2)n1CCO. The summed E-state index contributed by atoms with van der Waals surface area (Å²) >= 11 is 0. The van der Waals surface area contributed by atoms with Gasteiger partial charge in [0.2, 0.25) is 0 Å². The fourth-order valence-corrected chi connectivity index (χ4v) is 3.72. The van der Waals surface area contributed by atoms with Gasteiger partial charge in [-0.15, -0.1) is 0 Å². The number of aliphatic hydroxyl groups excluding tert-OH is 1. The van der Waals surface area contributed by atoms with Crippen LogP contribution in [0.2, 0.25) is 0 Å². The second kappa shape index (κ2) is 7.35. The van der Waals surface area contributed by atoms with Gasteiger partial charge in [-0.25, -0.2) is 4.98 Å². The summed E-state index contributed by atoms with van der Waals surface area (Å²) in [5, 5.41) is 18.4. The number of aliphatic hydroxyl groups is 1. The first-order chi connectivity index (χ1) is 12.8. The Morgan fingerprint density at radius 2 is 1.92 bits per heavy atom. The van der Waals surface area contributed by atoms with E-state index in [1.54, 1.807) is 27.8 Å². The zero-order chi connectivity index (χ0) is 17.9. The molecule has 4 rings (SSSR count). The highest BCUT2D eigenvalue weighted by Gasteiger charge is 2.30. The minimum Gasteiger partial charge on any atom is -0.395 e. The van der Waals surface area contributed by atoms with E-state index in [0.29, 0.717) is 17.4 Å². The van der Waals surface area contributed by atoms with E-state index in [1.807, 2.05) is 18.2 Å². The molecule has 1 atom stereocenters. The van der Waals surface area contributed by atoms with Crippen molar-refractivity contribution in [2.24, 2.45) is 0 Å². The smallest absolute Gasteiger partial charge is 0.261 e. The predicted octanol–water partition coefficient (Wildman–Crippen LogP) is 0.817. The molecule has 3 heterocycles. The Morgan fingerprint density at radius 3 is 2.73 bits per heavy atom. The Morgan fingerprint density at radius 1 is 1.12 bits per heavy atom. The molecule has 1 saturated heterocycles. The normalized spacial score (nSPS) is 18.0. The van der Waals surface area contributed by atoms with E-state index in [0.717, 1.165) is 31.8 Å². The molecular formula is C18H22N6O2. The number of para-hydroxylation sites is 1. The van der Waals surface area contributed by atoms with Gasteiger partial charge in [0.1, 0.15) is 5.82 Å². The number of nitrogens with zero attached hydrogens (tertiary/aromatic N) is 6. The summed E-state index contributed by atoms with van der Waals surface area (Å²) in [6.45, 7) is 2.62. The summed E-state index contributed by atoms with van der Waals surface area (Å²) in [5.74, 6) is 0.744. The summed E-state index contributed by atoms with van der Waals surface area (Å²) in [7, 11) is 0. The number of likely N-dealkylation sites (tertiary alicyclic amines) is 1. The third-order valence-corrected chi connectivity index (χ3v) is 4.93. The minimum atomic E-state index is -0.0865. The van der Waals surface area contributed by atoms with Crippen LogP contribution in [-0.4, -0.2) is 54.2 Å². The minimum absolute atomic E-state index is 0.0643. The molecule has 0 spiro atoms. The highest BCUT2D eigenvalue weighted by atomic mass is 16.3. The van der Waals surface area contributed by atoms with Crippen molar-refractivity contribution in [2.45, 2.75) is 32.0 Å². The molecule has 1 aliphatic rings. The van der Waals surface area contributed by atoms with Crippen molar-refractivity contribution in [3.8, 4) is 0 Å². The van der Waals surface area contributed by atoms with Crippen LogP contribution >= 0.6 is 0 Å². The Bertz CT molecular complexity index is 937. The van der Waals surface area contributed by atoms with Crippen molar-refractivity contribution in [2.75, 3.05) is 19.7 Å². The number of rotatable bonds is 6. The molecule has 0 bridgehead atoms. The number of fused-ring (bicyclic) bond motifs is 1. The van der Waals surface area contributed by atoms with Crippen LogP contribution in [0.25, 0.3) is 10.9 Å². The van der Waals surface area contributed by atoms with E-state index >= 15 is 0 Å². The van der Waals surface area contributed by atoms with Gasteiger partial charge in [0, 0.05) is 6.54 Å². The van der Waals surface area contributed by atoms with E-state index in [1.165, 1.54) is 0 Å². The van der Waals surface area contributed by atoms with E-state index in [9.17, 15) is 9.90 Å². The van der Waals surface area contributed by atoms with Crippen LogP contribution in [0.3, 0.4) is 0 Å². The molecule has 0 amide bonds. The van der Waals surface area contributed by atoms with Crippen LogP contribution in [0, 0.1) is 0 Å². The monoisotopic (exact) mass is 354 g/mol. The third-order valence-electron chi connectivity index (χ3n) is 4.93. The Hall–Kier alpha value is -2.58. The van der Waals surface area contributed by atoms with Crippen molar-refractivity contribution in [1.82, 2.24) is 29.4 Å². The number of hydrogen-bond acceptors (Lipinski definition) is 6. The predicted molar refractivity (Wildman–Crippen MR) is 96.7 cm³/mol. The zero-order valence-corrected chi connectivity index (χ0v) is 14.5. The molecule has 8 heteroatoms. The lowest BCUT2D eigenvalue weighted by Crippen LogP contribution is -2.34. The molecular weight excluding hydrogens is 332 g/mol. The Labute approximate surface area is 150 Å². The van der Waals surface area contributed by atoms with Crippen LogP contribution in [-0.2, 0) is 13.1 Å². The first-order valence-corrected chi connectivity index (χ1v) is 8.96. The second-order valence-corrected chi connectivity index (χ2v) is 6.49. The highest BCUT2D eigenvalue weighted by Crippen LogP contribution is 2.30. The van der Waals surface area contributed by atoms with Crippen LogP contribution in [0.4, 0.5) is 0 Å². The Balaban J connectivity index is 1.69. The highest BCUT2D eigenvalue weighted by molar-refractivity contribution is 5.77. The van der Waals surface area contributed by atoms with E-state index in [-0.39, 0.29) is 24.8 Å². The van der Waals surface area contributed by atoms with Crippen LogP contribution in [0.1, 0.15) is 24.7 Å². The molecule has 3 aromatic rings. The van der Waals surface area contributed by atoms with Gasteiger partial charge in [-0.05, 0) is 31.5 Å². The van der Waals surface area contributed by atoms with Crippen molar-refractivity contribution in [1.29, 1.82) is 0 Å². The topological polar surface area (TPSA) is 89.1 Å². The molecule has 1 aromatic carbocycles. The van der Waals surface area contributed by atoms with Crippen molar-refractivity contribution in [3.05, 3.63) is 52.8 Å². The summed E-state index contributed by atoms with van der Waals surface area (Å²) in [6.07, 6.45) is 5.35. The molecule has 136 valence electrons. The van der Waals surface area contributed by atoms with Gasteiger partial charge in [0.05, 0.1) is 49.0 Å². The first kappa shape index (κ1) is 16.9. The van der Waals surface area contributed by atoms with Crippen molar-refractivity contribution in [3.63, 3.8) is 0 Å². The lowest BCUT2D eigenvalue weighted by atomic mass is 10.1. The zero-order valence-electron chi connectivity index (χ0n) is 14.5. The summed E-state index contributed by atoms with van der Waals surface area (Å²) in [5.41, 5.74) is 0.627. The summed E-state index contributed by atoms with van der Waals surface area (Å²) in [4.78, 5) is 21.7. The molecule has 2 aromatic heterocycles. The molecule has 0 saturated carbocycles. The first-order valence-electron chi connectivity index (χ1n) is 8.96. The van der Waals surface area contributed by atoms with Crippen LogP contribution in [0.15, 0.2) is 41.5 Å². The molecule has 0 radical (unpaired) electrons. The summed E-state index contributed by atoms with van der Waals surface area (Å²) < 4.78 is 1.64. The van der Waals surface area contributed by atoms with Gasteiger partial charge < -0.3 is 5.11 Å². The maximum atomic E-state index is 12.9. The number of aromatic nitrogens is 5. The van der Waals surface area contributed by atoms with Gasteiger partial charge in [-0.1, -0.05) is 12.1 Å². The molecule has 26 heavy (non-hydrogen) atoms. The van der Waals surface area contributed by atoms with E-state index in [4.69, 9.17) is 4.98 Å². The van der Waals surface area contributed by atoms with Crippen LogP contribution < -0.4 is 5.56 Å². The van der Waals surface area contributed by atoms with Crippen molar-refractivity contribution < 1.29 is 5.11 Å². The molecule has 8 nitrogen and oxygen atoms in total.